The number of halogens is 1. The maximum absolute atomic E-state index is 13.6. The fraction of sp³-hybridized carbons (Fsp3) is 0.500. The smallest absolute Gasteiger partial charge is 0.165 e. The zero-order chi connectivity index (χ0) is 11.4. The van der Waals surface area contributed by atoms with E-state index in [1.54, 1.807) is 6.07 Å². The Balaban J connectivity index is 2.03. The van der Waals surface area contributed by atoms with E-state index in [1.807, 2.05) is 17.8 Å². The van der Waals surface area contributed by atoms with Gasteiger partial charge in [-0.2, -0.15) is 11.8 Å². The third-order valence-electron chi connectivity index (χ3n) is 2.69. The maximum Gasteiger partial charge on any atom is 0.165 e. The highest BCUT2D eigenvalue weighted by Gasteiger charge is 2.16. The molecular weight excluding hydrogens is 225 g/mol. The highest BCUT2D eigenvalue weighted by atomic mass is 32.2. The molecule has 1 aromatic rings. The van der Waals surface area contributed by atoms with Crippen LogP contribution in [0.5, 0.6) is 5.75 Å². The summed E-state index contributed by atoms with van der Waals surface area (Å²) in [4.78, 5) is 0. The minimum atomic E-state index is -0.304. The molecule has 1 fully saturated rings. The van der Waals surface area contributed by atoms with Crippen molar-refractivity contribution in [2.24, 2.45) is 5.73 Å². The summed E-state index contributed by atoms with van der Waals surface area (Å²) in [5.74, 6) is 2.26. The van der Waals surface area contributed by atoms with Crippen LogP contribution in [0.1, 0.15) is 18.4 Å². The van der Waals surface area contributed by atoms with Crippen LogP contribution in [0, 0.1) is 5.82 Å². The Kier molecular flexibility index (Phi) is 4.07. The molecule has 1 aromatic carbocycles. The van der Waals surface area contributed by atoms with Crippen molar-refractivity contribution < 1.29 is 9.13 Å². The van der Waals surface area contributed by atoms with Crippen LogP contribution in [0.4, 0.5) is 4.39 Å². The molecule has 0 saturated carbocycles. The molecule has 0 aliphatic carbocycles. The molecule has 0 amide bonds. The van der Waals surface area contributed by atoms with Gasteiger partial charge in [0.2, 0.25) is 0 Å². The molecule has 2 rings (SSSR count). The zero-order valence-electron chi connectivity index (χ0n) is 9.12. The molecule has 1 aliphatic heterocycles. The number of hydrogen-bond acceptors (Lipinski definition) is 3. The predicted molar refractivity (Wildman–Crippen MR) is 65.3 cm³/mol. The number of rotatable bonds is 3. The molecular formula is C12H16FNOS. The monoisotopic (exact) mass is 241 g/mol. The summed E-state index contributed by atoms with van der Waals surface area (Å²) < 4.78 is 19.3. The van der Waals surface area contributed by atoms with Crippen molar-refractivity contribution in [2.45, 2.75) is 25.5 Å². The van der Waals surface area contributed by atoms with Gasteiger partial charge in [-0.15, -0.1) is 0 Å². The lowest BCUT2D eigenvalue weighted by Crippen LogP contribution is -2.22. The first-order valence-corrected chi connectivity index (χ1v) is 6.68. The Labute approximate surface area is 99.4 Å². The van der Waals surface area contributed by atoms with Crippen molar-refractivity contribution in [3.8, 4) is 5.75 Å². The van der Waals surface area contributed by atoms with Crippen LogP contribution in [0.3, 0.4) is 0 Å². The second kappa shape index (κ2) is 5.55. The summed E-state index contributed by atoms with van der Waals surface area (Å²) in [6.45, 7) is 0.358. The lowest BCUT2D eigenvalue weighted by Gasteiger charge is -2.23. The van der Waals surface area contributed by atoms with Gasteiger partial charge in [0.15, 0.2) is 11.6 Å². The van der Waals surface area contributed by atoms with Crippen molar-refractivity contribution in [3.63, 3.8) is 0 Å². The van der Waals surface area contributed by atoms with Gasteiger partial charge >= 0.3 is 0 Å². The van der Waals surface area contributed by atoms with Crippen LogP contribution in [0.25, 0.3) is 0 Å². The molecule has 0 aromatic heterocycles. The summed E-state index contributed by atoms with van der Waals surface area (Å²) in [5.41, 5.74) is 6.24. The second-order valence-electron chi connectivity index (χ2n) is 3.90. The first-order valence-electron chi connectivity index (χ1n) is 5.52. The molecule has 0 bridgehead atoms. The van der Waals surface area contributed by atoms with E-state index in [2.05, 4.69) is 0 Å². The number of thioether (sulfide) groups is 1. The number of nitrogens with two attached hydrogens (primary N) is 1. The van der Waals surface area contributed by atoms with E-state index in [0.717, 1.165) is 29.9 Å². The molecule has 1 heterocycles. The van der Waals surface area contributed by atoms with E-state index in [-0.39, 0.29) is 11.9 Å². The Morgan fingerprint density at radius 1 is 1.38 bits per heavy atom. The fourth-order valence-corrected chi connectivity index (χ4v) is 2.80. The molecule has 4 heteroatoms. The summed E-state index contributed by atoms with van der Waals surface area (Å²) in [7, 11) is 0. The van der Waals surface area contributed by atoms with Crippen LogP contribution < -0.4 is 10.5 Å². The first-order chi connectivity index (χ1) is 7.79. The number of hydrogen-bond donors (Lipinski definition) is 1. The second-order valence-corrected chi connectivity index (χ2v) is 5.12. The molecule has 0 spiro atoms. The average Bonchev–Trinajstić information content (AvgIpc) is 2.33. The highest BCUT2D eigenvalue weighted by molar-refractivity contribution is 7.99. The van der Waals surface area contributed by atoms with Gasteiger partial charge in [-0.25, -0.2) is 4.39 Å². The molecule has 16 heavy (non-hydrogen) atoms. The van der Waals surface area contributed by atoms with Gasteiger partial charge in [-0.05, 0) is 42.0 Å². The van der Waals surface area contributed by atoms with Gasteiger partial charge in [0.1, 0.15) is 6.10 Å². The van der Waals surface area contributed by atoms with Crippen molar-refractivity contribution in [3.05, 3.63) is 29.6 Å². The van der Waals surface area contributed by atoms with Crippen LogP contribution in [0.2, 0.25) is 0 Å². The summed E-state index contributed by atoms with van der Waals surface area (Å²) in [5, 5.41) is 0. The first kappa shape index (κ1) is 11.7. The Hall–Kier alpha value is -0.740. The van der Waals surface area contributed by atoms with E-state index in [1.165, 1.54) is 6.07 Å². The molecule has 88 valence electrons. The lowest BCUT2D eigenvalue weighted by atomic mass is 10.2. The van der Waals surface area contributed by atoms with Crippen molar-refractivity contribution in [1.29, 1.82) is 0 Å². The summed E-state index contributed by atoms with van der Waals surface area (Å²) >= 11 is 1.93. The minimum Gasteiger partial charge on any atom is -0.487 e. The molecule has 0 atom stereocenters. The van der Waals surface area contributed by atoms with Gasteiger partial charge in [0, 0.05) is 6.54 Å². The molecule has 0 unspecified atom stereocenters. The zero-order valence-corrected chi connectivity index (χ0v) is 9.93. The minimum absolute atomic E-state index is 0.166. The van der Waals surface area contributed by atoms with Crippen LogP contribution >= 0.6 is 11.8 Å². The van der Waals surface area contributed by atoms with E-state index < -0.39 is 0 Å². The van der Waals surface area contributed by atoms with Gasteiger partial charge < -0.3 is 10.5 Å². The van der Waals surface area contributed by atoms with Crippen LogP contribution in [-0.2, 0) is 6.54 Å². The van der Waals surface area contributed by atoms with Crippen LogP contribution in [0.15, 0.2) is 18.2 Å². The fourth-order valence-electron chi connectivity index (χ4n) is 1.74. The van der Waals surface area contributed by atoms with E-state index in [9.17, 15) is 4.39 Å². The average molecular weight is 241 g/mol. The standard InChI is InChI=1S/C12H16FNOS/c13-11-7-9(8-14)1-2-12(11)15-10-3-5-16-6-4-10/h1-2,7,10H,3-6,8,14H2. The molecule has 1 aliphatic rings. The molecule has 2 nitrogen and oxygen atoms in total. The van der Waals surface area contributed by atoms with Crippen molar-refractivity contribution in [2.75, 3.05) is 11.5 Å². The highest BCUT2D eigenvalue weighted by Crippen LogP contribution is 2.25. The third-order valence-corrected chi connectivity index (χ3v) is 3.74. The SMILES string of the molecule is NCc1ccc(OC2CCSCC2)c(F)c1. The Morgan fingerprint density at radius 3 is 2.75 bits per heavy atom. The maximum atomic E-state index is 13.6. The van der Waals surface area contributed by atoms with Gasteiger partial charge in [-0.1, -0.05) is 6.07 Å². The normalized spacial score (nSPS) is 17.4. The van der Waals surface area contributed by atoms with Gasteiger partial charge in [-0.3, -0.25) is 0 Å². The van der Waals surface area contributed by atoms with Gasteiger partial charge in [0.05, 0.1) is 0 Å². The van der Waals surface area contributed by atoms with E-state index in [4.69, 9.17) is 10.5 Å². The quantitative estimate of drug-likeness (QED) is 0.883. The van der Waals surface area contributed by atoms with E-state index >= 15 is 0 Å². The topological polar surface area (TPSA) is 35.2 Å². The number of ether oxygens (including phenoxy) is 1. The van der Waals surface area contributed by atoms with Crippen molar-refractivity contribution >= 4 is 11.8 Å². The van der Waals surface area contributed by atoms with Crippen molar-refractivity contribution in [1.82, 2.24) is 0 Å². The number of benzene rings is 1. The molecule has 1 saturated heterocycles. The van der Waals surface area contributed by atoms with Crippen LogP contribution in [-0.4, -0.2) is 17.6 Å². The molecule has 0 radical (unpaired) electrons. The van der Waals surface area contributed by atoms with E-state index in [0.29, 0.717) is 12.3 Å². The summed E-state index contributed by atoms with van der Waals surface area (Å²) in [6, 6.07) is 4.95. The third kappa shape index (κ3) is 2.89. The molecule has 2 N–H and O–H groups in total. The summed E-state index contributed by atoms with van der Waals surface area (Å²) in [6.07, 6.45) is 2.17. The lowest BCUT2D eigenvalue weighted by molar-refractivity contribution is 0.184. The van der Waals surface area contributed by atoms with Gasteiger partial charge in [0.25, 0.3) is 0 Å². The Morgan fingerprint density at radius 2 is 2.12 bits per heavy atom. The Bertz CT molecular complexity index is 353. The predicted octanol–water partition coefficient (Wildman–Crippen LogP) is 2.56. The largest absolute Gasteiger partial charge is 0.487 e.